The fraction of sp³-hybridized carbons (Fsp3) is 0.846. The summed E-state index contributed by atoms with van der Waals surface area (Å²) in [6.45, 7) is 9.63. The second-order valence-corrected chi connectivity index (χ2v) is 6.54. The molecule has 1 unspecified atom stereocenters. The minimum atomic E-state index is -0.0692. The van der Waals surface area contributed by atoms with E-state index in [9.17, 15) is 0 Å². The second kappa shape index (κ2) is 5.44. The smallest absolute Gasteiger partial charge is 0.0787 e. The molecular formula is C13H23NOS. The molecule has 1 N–H and O–H groups in total. The van der Waals surface area contributed by atoms with Crippen LogP contribution in [0.1, 0.15) is 34.1 Å². The highest BCUT2D eigenvalue weighted by atomic mass is 32.2. The molecule has 92 valence electrons. The average molecular weight is 241 g/mol. The molecule has 1 aliphatic rings. The molecule has 16 heavy (non-hydrogen) atoms. The van der Waals surface area contributed by atoms with Crippen molar-refractivity contribution in [3.8, 4) is 12.3 Å². The SMILES string of the molecule is C#CCSCCNC1CC(C)(C)OC1(C)C. The van der Waals surface area contributed by atoms with Gasteiger partial charge < -0.3 is 10.1 Å². The Hall–Kier alpha value is -0.170. The Labute approximate surface area is 104 Å². The quantitative estimate of drug-likeness (QED) is 0.589. The number of hydrogen-bond acceptors (Lipinski definition) is 3. The zero-order valence-electron chi connectivity index (χ0n) is 10.8. The monoisotopic (exact) mass is 241 g/mol. The number of terminal acetylenes is 1. The Kier molecular flexibility index (Phi) is 4.73. The van der Waals surface area contributed by atoms with Crippen molar-refractivity contribution in [1.29, 1.82) is 0 Å². The molecule has 0 saturated carbocycles. The fourth-order valence-corrected chi connectivity index (χ4v) is 2.84. The number of nitrogens with one attached hydrogen (secondary N) is 1. The summed E-state index contributed by atoms with van der Waals surface area (Å²) in [6, 6.07) is 0.439. The van der Waals surface area contributed by atoms with Gasteiger partial charge in [0.15, 0.2) is 0 Å². The molecule has 0 aromatic carbocycles. The van der Waals surface area contributed by atoms with Crippen molar-refractivity contribution in [2.45, 2.75) is 51.4 Å². The summed E-state index contributed by atoms with van der Waals surface area (Å²) in [4.78, 5) is 0. The number of rotatable bonds is 5. The van der Waals surface area contributed by atoms with Gasteiger partial charge in [-0.15, -0.1) is 18.2 Å². The molecule has 0 spiro atoms. The van der Waals surface area contributed by atoms with E-state index in [1.54, 1.807) is 11.8 Å². The van der Waals surface area contributed by atoms with Gasteiger partial charge in [-0.05, 0) is 34.1 Å². The maximum absolute atomic E-state index is 6.03. The third-order valence-corrected chi connectivity index (χ3v) is 3.76. The molecule has 0 radical (unpaired) electrons. The van der Waals surface area contributed by atoms with E-state index in [1.807, 2.05) is 0 Å². The molecule has 1 heterocycles. The van der Waals surface area contributed by atoms with Crippen molar-refractivity contribution >= 4 is 11.8 Å². The minimum Gasteiger partial charge on any atom is -0.368 e. The van der Waals surface area contributed by atoms with E-state index >= 15 is 0 Å². The van der Waals surface area contributed by atoms with Crippen molar-refractivity contribution in [1.82, 2.24) is 5.32 Å². The van der Waals surface area contributed by atoms with Gasteiger partial charge in [0, 0.05) is 18.3 Å². The maximum atomic E-state index is 6.03. The zero-order chi connectivity index (χ0) is 12.2. The fourth-order valence-electron chi connectivity index (χ4n) is 2.32. The molecule has 1 rings (SSSR count). The molecule has 0 aromatic rings. The van der Waals surface area contributed by atoms with Crippen LogP contribution in [-0.4, -0.2) is 35.3 Å². The normalized spacial score (nSPS) is 26.6. The predicted octanol–water partition coefficient (Wildman–Crippen LogP) is 2.29. The highest BCUT2D eigenvalue weighted by Crippen LogP contribution is 2.37. The molecule has 3 heteroatoms. The first-order chi connectivity index (χ1) is 7.37. The molecule has 2 nitrogen and oxygen atoms in total. The van der Waals surface area contributed by atoms with Gasteiger partial charge >= 0.3 is 0 Å². The van der Waals surface area contributed by atoms with Crippen LogP contribution < -0.4 is 5.32 Å². The minimum absolute atomic E-state index is 0.00682. The van der Waals surface area contributed by atoms with Gasteiger partial charge in [-0.3, -0.25) is 0 Å². The van der Waals surface area contributed by atoms with Crippen LogP contribution in [-0.2, 0) is 4.74 Å². The largest absolute Gasteiger partial charge is 0.368 e. The molecular weight excluding hydrogens is 218 g/mol. The highest BCUT2D eigenvalue weighted by Gasteiger charge is 2.45. The Morgan fingerprint density at radius 3 is 2.62 bits per heavy atom. The van der Waals surface area contributed by atoms with Crippen molar-refractivity contribution in [3.05, 3.63) is 0 Å². The molecule has 1 saturated heterocycles. The van der Waals surface area contributed by atoms with Crippen LogP contribution in [0.2, 0.25) is 0 Å². The molecule has 1 fully saturated rings. The lowest BCUT2D eigenvalue weighted by atomic mass is 9.94. The summed E-state index contributed by atoms with van der Waals surface area (Å²) < 4.78 is 6.03. The maximum Gasteiger partial charge on any atom is 0.0787 e. The summed E-state index contributed by atoms with van der Waals surface area (Å²) in [6.07, 6.45) is 6.27. The van der Waals surface area contributed by atoms with E-state index in [0.717, 1.165) is 24.5 Å². The van der Waals surface area contributed by atoms with Crippen molar-refractivity contribution in [2.24, 2.45) is 0 Å². The van der Waals surface area contributed by atoms with Gasteiger partial charge in [0.1, 0.15) is 0 Å². The van der Waals surface area contributed by atoms with Gasteiger partial charge in [0.25, 0.3) is 0 Å². The van der Waals surface area contributed by atoms with Crippen LogP contribution >= 0.6 is 11.8 Å². The lowest BCUT2D eigenvalue weighted by molar-refractivity contribution is -0.0696. The molecule has 0 bridgehead atoms. The number of hydrogen-bond donors (Lipinski definition) is 1. The number of thioether (sulfide) groups is 1. The van der Waals surface area contributed by atoms with E-state index < -0.39 is 0 Å². The summed E-state index contributed by atoms with van der Waals surface area (Å²) in [5.41, 5.74) is -0.0760. The second-order valence-electron chi connectivity index (χ2n) is 5.43. The molecule has 0 amide bonds. The molecule has 1 atom stereocenters. The lowest BCUT2D eigenvalue weighted by Crippen LogP contribution is -2.44. The topological polar surface area (TPSA) is 21.3 Å². The Balaban J connectivity index is 2.29. The lowest BCUT2D eigenvalue weighted by Gasteiger charge is -2.27. The molecule has 0 aliphatic carbocycles. The first kappa shape index (κ1) is 13.9. The van der Waals surface area contributed by atoms with Gasteiger partial charge in [0.2, 0.25) is 0 Å². The van der Waals surface area contributed by atoms with E-state index in [0.29, 0.717) is 6.04 Å². The molecule has 1 aliphatic heterocycles. The third kappa shape index (κ3) is 4.01. The van der Waals surface area contributed by atoms with E-state index in [4.69, 9.17) is 11.2 Å². The van der Waals surface area contributed by atoms with Gasteiger partial charge in [-0.1, -0.05) is 5.92 Å². The van der Waals surface area contributed by atoms with Crippen LogP contribution in [0, 0.1) is 12.3 Å². The van der Waals surface area contributed by atoms with Gasteiger partial charge in [-0.25, -0.2) is 0 Å². The van der Waals surface area contributed by atoms with Crippen molar-refractivity contribution in [2.75, 3.05) is 18.1 Å². The van der Waals surface area contributed by atoms with Crippen LogP contribution in [0.25, 0.3) is 0 Å². The third-order valence-electron chi connectivity index (χ3n) is 2.90. The first-order valence-electron chi connectivity index (χ1n) is 5.82. The van der Waals surface area contributed by atoms with E-state index in [1.165, 1.54) is 0 Å². The summed E-state index contributed by atoms with van der Waals surface area (Å²) in [5.74, 6) is 4.51. The summed E-state index contributed by atoms with van der Waals surface area (Å²) in [5, 5.41) is 3.57. The van der Waals surface area contributed by atoms with Crippen LogP contribution in [0.5, 0.6) is 0 Å². The first-order valence-corrected chi connectivity index (χ1v) is 6.98. The summed E-state index contributed by atoms with van der Waals surface area (Å²) in [7, 11) is 0. The average Bonchev–Trinajstić information content (AvgIpc) is 2.34. The molecule has 0 aromatic heterocycles. The van der Waals surface area contributed by atoms with Crippen LogP contribution in [0.15, 0.2) is 0 Å². The van der Waals surface area contributed by atoms with Gasteiger partial charge in [-0.2, -0.15) is 0 Å². The van der Waals surface area contributed by atoms with Crippen molar-refractivity contribution in [3.63, 3.8) is 0 Å². The zero-order valence-corrected chi connectivity index (χ0v) is 11.6. The van der Waals surface area contributed by atoms with Gasteiger partial charge in [0.05, 0.1) is 17.0 Å². The van der Waals surface area contributed by atoms with E-state index in [2.05, 4.69) is 38.9 Å². The Bertz CT molecular complexity index is 268. The number of ether oxygens (including phenoxy) is 1. The Morgan fingerprint density at radius 2 is 2.12 bits per heavy atom. The standard InChI is InChI=1S/C13H23NOS/c1-6-8-16-9-7-14-11-10-12(2,3)15-13(11,4)5/h1,11,14H,7-10H2,2-5H3. The van der Waals surface area contributed by atoms with Crippen LogP contribution in [0.3, 0.4) is 0 Å². The van der Waals surface area contributed by atoms with E-state index in [-0.39, 0.29) is 11.2 Å². The van der Waals surface area contributed by atoms with Crippen molar-refractivity contribution < 1.29 is 4.74 Å². The van der Waals surface area contributed by atoms with Crippen LogP contribution in [0.4, 0.5) is 0 Å². The Morgan fingerprint density at radius 1 is 1.44 bits per heavy atom. The predicted molar refractivity (Wildman–Crippen MR) is 71.8 cm³/mol. The highest BCUT2D eigenvalue weighted by molar-refractivity contribution is 7.99. The summed E-state index contributed by atoms with van der Waals surface area (Å²) >= 11 is 1.80.